The molecule has 1 rings (SSSR count). The molecule has 0 radical (unpaired) electrons. The Morgan fingerprint density at radius 3 is 1.94 bits per heavy atom. The van der Waals surface area contributed by atoms with Crippen LogP contribution in [0.25, 0.3) is 0 Å². The number of likely N-dealkylation sites (tertiary alicyclic amines) is 1. The highest BCUT2D eigenvalue weighted by Gasteiger charge is 2.26. The quantitative estimate of drug-likeness (QED) is 0.680. The minimum Gasteiger partial charge on any atom is -0.368 e. The number of piperidine rings is 1. The Bertz CT molecular complexity index is 321. The smallest absolute Gasteiger partial charge is 0.320 e. The second-order valence-corrected chi connectivity index (χ2v) is 4.74. The topological polar surface area (TPSA) is 110 Å². The predicted octanol–water partition coefficient (Wildman–Crippen LogP) is -0.889. The summed E-state index contributed by atoms with van der Waals surface area (Å²) in [7, 11) is 0. The maximum absolute atomic E-state index is 12.1. The number of carbonyl (C=O) groups is 3. The Morgan fingerprint density at radius 1 is 1.11 bits per heavy atom. The number of urea groups is 1. The molecule has 4 amide bonds. The van der Waals surface area contributed by atoms with E-state index in [1.807, 2.05) is 0 Å². The van der Waals surface area contributed by atoms with E-state index in [1.165, 1.54) is 0 Å². The summed E-state index contributed by atoms with van der Waals surface area (Å²) in [6, 6.07) is -0.348. The number of carbonyl (C=O) groups excluding carboxylic acids is 3. The van der Waals surface area contributed by atoms with Gasteiger partial charge in [0.25, 0.3) is 0 Å². The van der Waals surface area contributed by atoms with Crippen LogP contribution in [0, 0.1) is 5.92 Å². The minimum absolute atomic E-state index is 0.284. The maximum Gasteiger partial charge on any atom is 0.320 e. The van der Waals surface area contributed by atoms with Crippen LogP contribution in [-0.4, -0.2) is 53.8 Å². The molecular weight excluding hydrogens is 236 g/mol. The van der Waals surface area contributed by atoms with Crippen molar-refractivity contribution in [2.24, 2.45) is 17.4 Å². The van der Waals surface area contributed by atoms with E-state index in [4.69, 9.17) is 11.5 Å². The predicted molar refractivity (Wildman–Crippen MR) is 65.3 cm³/mol. The number of amides is 4. The molecule has 0 aromatic heterocycles. The number of nitrogens with two attached hydrogens (primary N) is 2. The van der Waals surface area contributed by atoms with Crippen molar-refractivity contribution in [3.63, 3.8) is 0 Å². The zero-order valence-corrected chi connectivity index (χ0v) is 10.6. The average molecular weight is 256 g/mol. The number of hydrogen-bond acceptors (Lipinski definition) is 3. The second kappa shape index (κ2) is 6.23. The van der Waals surface area contributed by atoms with Gasteiger partial charge in [-0.2, -0.15) is 0 Å². The molecule has 0 saturated carbocycles. The molecule has 18 heavy (non-hydrogen) atoms. The molecule has 4 N–H and O–H groups in total. The van der Waals surface area contributed by atoms with Gasteiger partial charge in [0, 0.05) is 13.1 Å². The molecule has 1 aliphatic rings. The van der Waals surface area contributed by atoms with Crippen molar-refractivity contribution in [1.82, 2.24) is 9.80 Å². The first-order chi connectivity index (χ1) is 8.40. The number of rotatable bonds is 4. The van der Waals surface area contributed by atoms with Crippen molar-refractivity contribution in [3.05, 3.63) is 0 Å². The van der Waals surface area contributed by atoms with Gasteiger partial charge in [0.1, 0.15) is 13.1 Å². The Morgan fingerprint density at radius 2 is 1.56 bits per heavy atom. The summed E-state index contributed by atoms with van der Waals surface area (Å²) in [5.74, 6) is -0.722. The molecule has 0 aromatic carbocycles. The fraction of sp³-hybridized carbons (Fsp3) is 0.727. The third-order valence-corrected chi connectivity index (χ3v) is 3.02. The van der Waals surface area contributed by atoms with Crippen LogP contribution in [0.4, 0.5) is 4.79 Å². The number of nitrogens with zero attached hydrogens (tertiary/aromatic N) is 2. The normalized spacial score (nSPS) is 16.4. The van der Waals surface area contributed by atoms with E-state index in [2.05, 4.69) is 6.92 Å². The highest BCUT2D eigenvalue weighted by molar-refractivity contribution is 5.87. The van der Waals surface area contributed by atoms with Crippen LogP contribution in [0.15, 0.2) is 0 Å². The van der Waals surface area contributed by atoms with Gasteiger partial charge in [0.2, 0.25) is 11.8 Å². The highest BCUT2D eigenvalue weighted by Crippen LogP contribution is 2.17. The minimum atomic E-state index is -0.657. The van der Waals surface area contributed by atoms with Crippen molar-refractivity contribution >= 4 is 17.8 Å². The lowest BCUT2D eigenvalue weighted by Gasteiger charge is -2.34. The van der Waals surface area contributed by atoms with Gasteiger partial charge < -0.3 is 21.3 Å². The van der Waals surface area contributed by atoms with Gasteiger partial charge in [-0.3, -0.25) is 9.59 Å². The van der Waals surface area contributed by atoms with E-state index >= 15 is 0 Å². The summed E-state index contributed by atoms with van der Waals surface area (Å²) in [4.78, 5) is 36.6. The Balaban J connectivity index is 2.63. The van der Waals surface area contributed by atoms with Crippen LogP contribution < -0.4 is 11.5 Å². The second-order valence-electron chi connectivity index (χ2n) is 4.74. The standard InChI is InChI=1S/C11H20N4O3/c1-8-2-4-14(5-3-8)11(18)15(6-9(12)16)7-10(13)17/h8H,2-7H2,1H3,(H2,12,16)(H2,13,17). The van der Waals surface area contributed by atoms with Crippen LogP contribution in [0.5, 0.6) is 0 Å². The van der Waals surface area contributed by atoms with Crippen molar-refractivity contribution in [2.75, 3.05) is 26.2 Å². The zero-order chi connectivity index (χ0) is 13.7. The molecule has 7 nitrogen and oxygen atoms in total. The van der Waals surface area contributed by atoms with Gasteiger partial charge >= 0.3 is 6.03 Å². The van der Waals surface area contributed by atoms with Gasteiger partial charge in [0.05, 0.1) is 0 Å². The lowest BCUT2D eigenvalue weighted by molar-refractivity contribution is -0.121. The first-order valence-electron chi connectivity index (χ1n) is 6.00. The Kier molecular flexibility index (Phi) is 4.94. The van der Waals surface area contributed by atoms with Gasteiger partial charge in [0.15, 0.2) is 0 Å². The van der Waals surface area contributed by atoms with E-state index in [1.54, 1.807) is 4.90 Å². The fourth-order valence-corrected chi connectivity index (χ4v) is 1.97. The maximum atomic E-state index is 12.1. The molecule has 1 heterocycles. The fourth-order valence-electron chi connectivity index (χ4n) is 1.97. The molecular formula is C11H20N4O3. The first kappa shape index (κ1) is 14.3. The van der Waals surface area contributed by atoms with Crippen molar-refractivity contribution in [2.45, 2.75) is 19.8 Å². The lowest BCUT2D eigenvalue weighted by Crippen LogP contribution is -2.51. The zero-order valence-electron chi connectivity index (χ0n) is 10.6. The summed E-state index contributed by atoms with van der Waals surface area (Å²) in [5.41, 5.74) is 10.1. The molecule has 0 aliphatic carbocycles. The van der Waals surface area contributed by atoms with E-state index in [9.17, 15) is 14.4 Å². The summed E-state index contributed by atoms with van der Waals surface area (Å²) < 4.78 is 0. The molecule has 1 fully saturated rings. The van der Waals surface area contributed by atoms with Crippen LogP contribution >= 0.6 is 0 Å². The van der Waals surface area contributed by atoms with E-state index in [0.29, 0.717) is 19.0 Å². The summed E-state index contributed by atoms with van der Waals surface area (Å²) in [6.07, 6.45) is 1.85. The Hall–Kier alpha value is -1.79. The van der Waals surface area contributed by atoms with Crippen LogP contribution in [-0.2, 0) is 9.59 Å². The van der Waals surface area contributed by atoms with Gasteiger partial charge in [-0.15, -0.1) is 0 Å². The van der Waals surface area contributed by atoms with E-state index in [0.717, 1.165) is 17.7 Å². The molecule has 102 valence electrons. The average Bonchev–Trinajstić information content (AvgIpc) is 2.27. The SMILES string of the molecule is CC1CCN(C(=O)N(CC(N)=O)CC(N)=O)CC1. The van der Waals surface area contributed by atoms with Crippen LogP contribution in [0.2, 0.25) is 0 Å². The first-order valence-corrected chi connectivity index (χ1v) is 6.00. The molecule has 1 saturated heterocycles. The Labute approximate surface area is 106 Å². The third kappa shape index (κ3) is 4.23. The third-order valence-electron chi connectivity index (χ3n) is 3.02. The number of primary amides is 2. The van der Waals surface area contributed by atoms with Crippen molar-refractivity contribution < 1.29 is 14.4 Å². The highest BCUT2D eigenvalue weighted by atomic mass is 16.2. The van der Waals surface area contributed by atoms with Crippen LogP contribution in [0.3, 0.4) is 0 Å². The van der Waals surface area contributed by atoms with E-state index in [-0.39, 0.29) is 19.1 Å². The lowest BCUT2D eigenvalue weighted by atomic mass is 9.99. The molecule has 0 spiro atoms. The van der Waals surface area contributed by atoms with Crippen molar-refractivity contribution in [1.29, 1.82) is 0 Å². The number of hydrogen-bond donors (Lipinski definition) is 2. The summed E-state index contributed by atoms with van der Waals surface area (Å²) in [6.45, 7) is 2.83. The summed E-state index contributed by atoms with van der Waals surface area (Å²) >= 11 is 0. The van der Waals surface area contributed by atoms with Crippen molar-refractivity contribution in [3.8, 4) is 0 Å². The monoisotopic (exact) mass is 256 g/mol. The molecule has 7 heteroatoms. The summed E-state index contributed by atoms with van der Waals surface area (Å²) in [5, 5.41) is 0. The largest absolute Gasteiger partial charge is 0.368 e. The molecule has 0 aromatic rings. The van der Waals surface area contributed by atoms with Gasteiger partial charge in [-0.25, -0.2) is 4.79 Å². The molecule has 0 unspecified atom stereocenters. The molecule has 0 bridgehead atoms. The van der Waals surface area contributed by atoms with Crippen LogP contribution in [0.1, 0.15) is 19.8 Å². The van der Waals surface area contributed by atoms with E-state index < -0.39 is 11.8 Å². The molecule has 1 aliphatic heterocycles. The van der Waals surface area contributed by atoms with Gasteiger partial charge in [-0.1, -0.05) is 6.92 Å². The van der Waals surface area contributed by atoms with Gasteiger partial charge in [-0.05, 0) is 18.8 Å². The molecule has 0 atom stereocenters.